The third-order valence-corrected chi connectivity index (χ3v) is 2.52. The summed E-state index contributed by atoms with van der Waals surface area (Å²) in [5.41, 5.74) is 1.36. The Balaban J connectivity index is 2.40. The lowest BCUT2D eigenvalue weighted by Crippen LogP contribution is -2.27. The topological polar surface area (TPSA) is 72.3 Å². The van der Waals surface area contributed by atoms with Crippen LogP contribution in [0.2, 0.25) is 0 Å². The first kappa shape index (κ1) is 8.60. The van der Waals surface area contributed by atoms with Crippen LogP contribution in [0.15, 0.2) is 4.79 Å². The first-order valence-electron chi connectivity index (χ1n) is 4.80. The van der Waals surface area contributed by atoms with Gasteiger partial charge in [-0.3, -0.25) is 9.89 Å². The van der Waals surface area contributed by atoms with Crippen molar-refractivity contribution >= 4 is 5.78 Å². The molecule has 6 nitrogen and oxygen atoms in total. The Morgan fingerprint density at radius 3 is 3.20 bits per heavy atom. The number of ether oxygens (including phenoxy) is 1. The molecule has 0 spiro atoms. The predicted molar refractivity (Wildman–Crippen MR) is 51.7 cm³/mol. The number of rotatable bonds is 0. The van der Waals surface area contributed by atoms with Crippen molar-refractivity contribution in [1.29, 1.82) is 0 Å². The summed E-state index contributed by atoms with van der Waals surface area (Å²) in [6.45, 7) is 2.77. The fraction of sp³-hybridized carbons (Fsp3) is 0.444. The van der Waals surface area contributed by atoms with Crippen molar-refractivity contribution in [2.24, 2.45) is 0 Å². The molecule has 3 heterocycles. The van der Waals surface area contributed by atoms with E-state index in [2.05, 4.69) is 15.1 Å². The molecule has 0 bridgehead atoms. The Morgan fingerprint density at radius 1 is 1.47 bits per heavy atom. The second kappa shape index (κ2) is 2.90. The van der Waals surface area contributed by atoms with Crippen LogP contribution >= 0.6 is 0 Å². The molecule has 78 valence electrons. The summed E-state index contributed by atoms with van der Waals surface area (Å²) in [5.74, 6) is 1.13. The number of hydrogen-bond donors (Lipinski definition) is 1. The van der Waals surface area contributed by atoms with E-state index < -0.39 is 0 Å². The molecular formula is C9H10N4O2. The summed E-state index contributed by atoms with van der Waals surface area (Å²) < 4.78 is 6.61. The molecule has 0 aromatic carbocycles. The highest BCUT2D eigenvalue weighted by Crippen LogP contribution is 2.10. The Morgan fingerprint density at radius 2 is 2.33 bits per heavy atom. The van der Waals surface area contributed by atoms with Gasteiger partial charge >= 0.3 is 0 Å². The van der Waals surface area contributed by atoms with Gasteiger partial charge in [-0.05, 0) is 6.92 Å². The number of aromatic amines is 1. The zero-order valence-corrected chi connectivity index (χ0v) is 8.28. The Bertz CT molecular complexity index is 584. The lowest BCUT2D eigenvalue weighted by atomic mass is 10.1. The van der Waals surface area contributed by atoms with Crippen LogP contribution in [-0.2, 0) is 17.8 Å². The molecule has 0 atom stereocenters. The van der Waals surface area contributed by atoms with E-state index in [1.165, 1.54) is 4.52 Å². The molecule has 2 aromatic heterocycles. The van der Waals surface area contributed by atoms with E-state index >= 15 is 0 Å². The maximum Gasteiger partial charge on any atom is 0.279 e. The van der Waals surface area contributed by atoms with Crippen molar-refractivity contribution in [1.82, 2.24) is 19.6 Å². The molecule has 15 heavy (non-hydrogen) atoms. The second-order valence-corrected chi connectivity index (χ2v) is 3.59. The number of nitrogens with zero attached hydrogens (tertiary/aromatic N) is 3. The van der Waals surface area contributed by atoms with Crippen LogP contribution in [0.4, 0.5) is 0 Å². The van der Waals surface area contributed by atoms with Gasteiger partial charge < -0.3 is 4.74 Å². The molecule has 1 aliphatic rings. The number of fused-ring (bicyclic) bond motifs is 2. The van der Waals surface area contributed by atoms with Gasteiger partial charge in [0.2, 0.25) is 0 Å². The number of nitrogens with one attached hydrogen (secondary N) is 1. The van der Waals surface area contributed by atoms with Gasteiger partial charge in [-0.15, -0.1) is 0 Å². The van der Waals surface area contributed by atoms with E-state index in [-0.39, 0.29) is 5.56 Å². The minimum Gasteiger partial charge on any atom is -0.376 e. The van der Waals surface area contributed by atoms with Crippen molar-refractivity contribution in [2.75, 3.05) is 6.61 Å². The molecule has 6 heteroatoms. The summed E-state index contributed by atoms with van der Waals surface area (Å²) >= 11 is 0. The van der Waals surface area contributed by atoms with Crippen molar-refractivity contribution in [3.63, 3.8) is 0 Å². The maximum absolute atomic E-state index is 12.0. The Labute approximate surface area is 84.9 Å². The average Bonchev–Trinajstić information content (AvgIpc) is 2.59. The molecular weight excluding hydrogens is 196 g/mol. The molecule has 0 saturated heterocycles. The summed E-state index contributed by atoms with van der Waals surface area (Å²) in [7, 11) is 0. The summed E-state index contributed by atoms with van der Waals surface area (Å²) in [5, 5.41) is 2.85. The van der Waals surface area contributed by atoms with Crippen molar-refractivity contribution in [3.8, 4) is 0 Å². The first-order chi connectivity index (χ1) is 7.25. The molecule has 0 amide bonds. The predicted octanol–water partition coefficient (Wildman–Crippen LogP) is -0.201. The first-order valence-corrected chi connectivity index (χ1v) is 4.80. The van der Waals surface area contributed by atoms with Gasteiger partial charge in [0.05, 0.1) is 24.5 Å². The maximum atomic E-state index is 12.0. The highest BCUT2D eigenvalue weighted by Gasteiger charge is 2.18. The van der Waals surface area contributed by atoms with E-state index in [0.29, 0.717) is 36.8 Å². The molecule has 0 fully saturated rings. The quantitative estimate of drug-likeness (QED) is 0.647. The molecule has 3 rings (SSSR count). The highest BCUT2D eigenvalue weighted by atomic mass is 16.5. The normalized spacial score (nSPS) is 15.5. The highest BCUT2D eigenvalue weighted by molar-refractivity contribution is 5.32. The van der Waals surface area contributed by atoms with Gasteiger partial charge in [0.25, 0.3) is 11.3 Å². The lowest BCUT2D eigenvalue weighted by Gasteiger charge is -2.13. The van der Waals surface area contributed by atoms with Crippen LogP contribution in [0.3, 0.4) is 0 Å². The SMILES string of the molecule is Cc1nc2nc3c(c(=O)n2[nH]1)COCC3. The molecule has 0 radical (unpaired) electrons. The number of aromatic nitrogens is 4. The van der Waals surface area contributed by atoms with Gasteiger partial charge in [0, 0.05) is 6.42 Å². The van der Waals surface area contributed by atoms with Crippen LogP contribution in [0.5, 0.6) is 0 Å². The van der Waals surface area contributed by atoms with Crippen LogP contribution in [0.1, 0.15) is 17.1 Å². The summed E-state index contributed by atoms with van der Waals surface area (Å²) in [4.78, 5) is 20.4. The second-order valence-electron chi connectivity index (χ2n) is 3.59. The minimum absolute atomic E-state index is 0.102. The van der Waals surface area contributed by atoms with Gasteiger partial charge in [-0.25, -0.2) is 4.98 Å². The smallest absolute Gasteiger partial charge is 0.279 e. The van der Waals surface area contributed by atoms with Crippen LogP contribution in [0.25, 0.3) is 5.78 Å². The van der Waals surface area contributed by atoms with E-state index in [1.807, 2.05) is 0 Å². The number of hydrogen-bond acceptors (Lipinski definition) is 4. The molecule has 1 N–H and O–H groups in total. The van der Waals surface area contributed by atoms with Crippen LogP contribution in [-0.4, -0.2) is 26.2 Å². The fourth-order valence-corrected chi connectivity index (χ4v) is 1.79. The van der Waals surface area contributed by atoms with Gasteiger partial charge in [0.1, 0.15) is 5.82 Å². The van der Waals surface area contributed by atoms with Gasteiger partial charge in [-0.2, -0.15) is 9.50 Å². The van der Waals surface area contributed by atoms with Crippen LogP contribution < -0.4 is 5.56 Å². The van der Waals surface area contributed by atoms with E-state index in [9.17, 15) is 4.79 Å². The lowest BCUT2D eigenvalue weighted by molar-refractivity contribution is 0.108. The summed E-state index contributed by atoms with van der Waals surface area (Å²) in [6.07, 6.45) is 0.687. The monoisotopic (exact) mass is 206 g/mol. The largest absolute Gasteiger partial charge is 0.376 e. The average molecular weight is 206 g/mol. The molecule has 0 aliphatic carbocycles. The fourth-order valence-electron chi connectivity index (χ4n) is 1.79. The molecule has 0 unspecified atom stereocenters. The number of aryl methyl sites for hydroxylation is 1. The third-order valence-electron chi connectivity index (χ3n) is 2.52. The van der Waals surface area contributed by atoms with E-state index in [0.717, 1.165) is 5.69 Å². The minimum atomic E-state index is -0.102. The van der Waals surface area contributed by atoms with Crippen LogP contribution in [0, 0.1) is 6.92 Å². The van der Waals surface area contributed by atoms with E-state index in [1.54, 1.807) is 6.92 Å². The Hall–Kier alpha value is -1.69. The van der Waals surface area contributed by atoms with Gasteiger partial charge in [0.15, 0.2) is 0 Å². The molecule has 0 saturated carbocycles. The molecule has 2 aromatic rings. The van der Waals surface area contributed by atoms with Crippen molar-refractivity contribution < 1.29 is 4.74 Å². The van der Waals surface area contributed by atoms with Crippen molar-refractivity contribution in [3.05, 3.63) is 27.4 Å². The van der Waals surface area contributed by atoms with E-state index in [4.69, 9.17) is 4.74 Å². The molecule has 1 aliphatic heterocycles. The zero-order chi connectivity index (χ0) is 10.4. The van der Waals surface area contributed by atoms with Crippen molar-refractivity contribution in [2.45, 2.75) is 20.0 Å². The standard InChI is InChI=1S/C9H10N4O2/c1-5-10-9-11-7-2-3-15-4-6(7)8(14)13(9)12-5/h2-4H2,1H3,(H,10,11,12). The Kier molecular flexibility index (Phi) is 1.66. The van der Waals surface area contributed by atoms with Gasteiger partial charge in [-0.1, -0.05) is 0 Å². The zero-order valence-electron chi connectivity index (χ0n) is 8.28. The number of H-pyrrole nitrogens is 1. The third kappa shape index (κ3) is 1.18. The summed E-state index contributed by atoms with van der Waals surface area (Å²) in [6, 6.07) is 0.